The second-order valence-electron chi connectivity index (χ2n) is 13.2. The third-order valence-electron chi connectivity index (χ3n) is 8.47. The molecular weight excluding hydrogens is 777 g/mol. The van der Waals surface area contributed by atoms with Gasteiger partial charge < -0.3 is 56.8 Å². The molecule has 16 nitrogen and oxygen atoms in total. The van der Waals surface area contributed by atoms with Gasteiger partial charge in [0, 0.05) is 0 Å². The standard InChI is InChI=1S/C44H60N4O12/c1-5-37-33-57-29-25-53-21-17-49-13-14-50-19-23-55-27-31-59-35-39-7-3-11-43(47-39)44-12-4-8-40(48-44)36-60-32-28-56-24-20-52-16-15-51-18-22-54-26-30-58-34-38-6-2-10-42(46-38)41(9-1)45-37/h1-12H,13-36H2. The molecule has 1 aliphatic heterocycles. The van der Waals surface area contributed by atoms with Crippen LogP contribution in [0.5, 0.6) is 0 Å². The maximum atomic E-state index is 5.78. The van der Waals surface area contributed by atoms with Crippen molar-refractivity contribution in [3.8, 4) is 22.8 Å². The zero-order chi connectivity index (χ0) is 41.4. The minimum atomic E-state index is 0.370. The second kappa shape index (κ2) is 31.0. The maximum absolute atomic E-state index is 5.78. The van der Waals surface area contributed by atoms with Crippen molar-refractivity contribution in [3.63, 3.8) is 0 Å². The normalized spacial score (nSPS) is 18.9. The molecule has 0 N–H and O–H groups in total. The lowest BCUT2D eigenvalue weighted by Crippen LogP contribution is -2.14. The first-order valence-electron chi connectivity index (χ1n) is 20.6. The molecule has 0 fully saturated rings. The summed E-state index contributed by atoms with van der Waals surface area (Å²) in [7, 11) is 0. The minimum absolute atomic E-state index is 0.370. The van der Waals surface area contributed by atoms with Crippen LogP contribution in [-0.4, -0.2) is 152 Å². The van der Waals surface area contributed by atoms with E-state index < -0.39 is 0 Å². The maximum Gasteiger partial charge on any atom is 0.0890 e. The molecule has 0 unspecified atom stereocenters. The van der Waals surface area contributed by atoms with Crippen LogP contribution in [0.25, 0.3) is 22.8 Å². The fourth-order valence-electron chi connectivity index (χ4n) is 5.51. The fourth-order valence-corrected chi connectivity index (χ4v) is 5.51. The Morgan fingerprint density at radius 2 is 0.383 bits per heavy atom. The molecule has 1 aliphatic rings. The number of hydrogen-bond donors (Lipinski definition) is 0. The SMILES string of the molecule is c1cc2nc(c1)-c1cccc(n1)COCCOCCOCCOCCOCCOCc1cccc(n1)-c1cccc(n1)COCCOCCOCCOCCOCCOC2. The smallest absolute Gasteiger partial charge is 0.0890 e. The van der Waals surface area contributed by atoms with Crippen LogP contribution in [0.1, 0.15) is 22.8 Å². The molecule has 0 aromatic carbocycles. The Kier molecular flexibility index (Phi) is 24.4. The van der Waals surface area contributed by atoms with Gasteiger partial charge in [0.2, 0.25) is 0 Å². The number of rotatable bonds is 0. The molecule has 5 heterocycles. The molecule has 4 aromatic rings. The van der Waals surface area contributed by atoms with Gasteiger partial charge in [-0.15, -0.1) is 0 Å². The number of fused-ring (bicyclic) bond motifs is 10. The molecule has 60 heavy (non-hydrogen) atoms. The lowest BCUT2D eigenvalue weighted by atomic mass is 10.2. The first-order valence-corrected chi connectivity index (χ1v) is 20.6. The summed E-state index contributed by atoms with van der Waals surface area (Å²) >= 11 is 0. The molecule has 0 atom stereocenters. The van der Waals surface area contributed by atoms with E-state index in [1.165, 1.54) is 0 Å². The van der Waals surface area contributed by atoms with Gasteiger partial charge in [-0.1, -0.05) is 24.3 Å². The third kappa shape index (κ3) is 20.6. The highest BCUT2D eigenvalue weighted by Crippen LogP contribution is 2.17. The molecule has 4 aromatic heterocycles. The summed E-state index contributed by atoms with van der Waals surface area (Å²) in [6.45, 7) is 10.8. The average molecular weight is 837 g/mol. The number of aromatic nitrogens is 4. The van der Waals surface area contributed by atoms with Crippen LogP contribution in [0.4, 0.5) is 0 Å². The van der Waals surface area contributed by atoms with E-state index in [1.54, 1.807) is 0 Å². The highest BCUT2D eigenvalue weighted by molar-refractivity contribution is 5.55. The van der Waals surface area contributed by atoms with Crippen molar-refractivity contribution in [1.29, 1.82) is 0 Å². The number of ether oxygens (including phenoxy) is 12. The van der Waals surface area contributed by atoms with Crippen molar-refractivity contribution in [2.75, 3.05) is 132 Å². The van der Waals surface area contributed by atoms with Gasteiger partial charge in [0.1, 0.15) is 0 Å². The van der Waals surface area contributed by atoms with Crippen LogP contribution in [0.3, 0.4) is 0 Å². The Morgan fingerprint density at radius 1 is 0.217 bits per heavy atom. The Labute approximate surface area is 353 Å². The fraction of sp³-hybridized carbons (Fsp3) is 0.545. The van der Waals surface area contributed by atoms with Crippen LogP contribution in [0, 0.1) is 0 Å². The van der Waals surface area contributed by atoms with Crippen molar-refractivity contribution < 1.29 is 56.8 Å². The highest BCUT2D eigenvalue weighted by Gasteiger charge is 2.07. The zero-order valence-electron chi connectivity index (χ0n) is 34.6. The highest BCUT2D eigenvalue weighted by atomic mass is 16.6. The first-order chi connectivity index (χ1) is 29.8. The summed E-state index contributed by atoms with van der Waals surface area (Å²) < 4.78 is 68.0. The predicted octanol–water partition coefficient (Wildman–Crippen LogP) is 4.51. The Bertz CT molecular complexity index is 1460. The quantitative estimate of drug-likeness (QED) is 0.243. The van der Waals surface area contributed by atoms with Gasteiger partial charge in [-0.05, 0) is 48.5 Å². The van der Waals surface area contributed by atoms with Gasteiger partial charge in [0.25, 0.3) is 0 Å². The van der Waals surface area contributed by atoms with Gasteiger partial charge in [0.05, 0.1) is 204 Å². The van der Waals surface area contributed by atoms with E-state index in [0.29, 0.717) is 159 Å². The van der Waals surface area contributed by atoms with Crippen molar-refractivity contribution in [2.45, 2.75) is 26.4 Å². The first kappa shape index (κ1) is 47.2. The molecule has 0 spiro atoms. The summed E-state index contributed by atoms with van der Waals surface area (Å²) in [6, 6.07) is 23.3. The molecule has 0 radical (unpaired) electrons. The third-order valence-corrected chi connectivity index (χ3v) is 8.47. The molecule has 328 valence electrons. The summed E-state index contributed by atoms with van der Waals surface area (Å²) in [6.07, 6.45) is 0. The summed E-state index contributed by atoms with van der Waals surface area (Å²) in [5, 5.41) is 0. The molecule has 0 aliphatic carbocycles. The molecule has 0 saturated heterocycles. The topological polar surface area (TPSA) is 162 Å². The summed E-state index contributed by atoms with van der Waals surface area (Å²) in [5.41, 5.74) is 6.33. The van der Waals surface area contributed by atoms with Crippen LogP contribution >= 0.6 is 0 Å². The lowest BCUT2D eigenvalue weighted by Gasteiger charge is -2.10. The van der Waals surface area contributed by atoms with Crippen molar-refractivity contribution in [1.82, 2.24) is 19.9 Å². The van der Waals surface area contributed by atoms with Crippen LogP contribution in [0.15, 0.2) is 72.8 Å². The second-order valence-corrected chi connectivity index (χ2v) is 13.2. The number of pyridine rings is 4. The molecule has 5 rings (SSSR count). The van der Waals surface area contributed by atoms with E-state index in [2.05, 4.69) is 0 Å². The predicted molar refractivity (Wildman–Crippen MR) is 220 cm³/mol. The minimum Gasteiger partial charge on any atom is -0.377 e. The van der Waals surface area contributed by atoms with Crippen molar-refractivity contribution in [2.24, 2.45) is 0 Å². The molecule has 16 heteroatoms. The van der Waals surface area contributed by atoms with E-state index in [-0.39, 0.29) is 0 Å². The van der Waals surface area contributed by atoms with Gasteiger partial charge in [-0.25, -0.2) is 19.9 Å². The zero-order valence-corrected chi connectivity index (χ0v) is 34.6. The van der Waals surface area contributed by atoms with E-state index >= 15 is 0 Å². The number of hydrogen-bond acceptors (Lipinski definition) is 16. The summed E-state index contributed by atoms with van der Waals surface area (Å²) in [4.78, 5) is 18.9. The van der Waals surface area contributed by atoms with Gasteiger partial charge in [0.15, 0.2) is 0 Å². The Hall–Kier alpha value is -3.88. The van der Waals surface area contributed by atoms with E-state index in [4.69, 9.17) is 76.8 Å². The monoisotopic (exact) mass is 836 g/mol. The molecule has 0 amide bonds. The van der Waals surface area contributed by atoms with Crippen molar-refractivity contribution in [3.05, 3.63) is 95.6 Å². The largest absolute Gasteiger partial charge is 0.377 e. The van der Waals surface area contributed by atoms with Crippen LogP contribution < -0.4 is 0 Å². The van der Waals surface area contributed by atoms with E-state index in [9.17, 15) is 0 Å². The van der Waals surface area contributed by atoms with Gasteiger partial charge in [-0.2, -0.15) is 0 Å². The summed E-state index contributed by atoms with van der Waals surface area (Å²) in [5.74, 6) is 0. The van der Waals surface area contributed by atoms with E-state index in [1.807, 2.05) is 72.8 Å². The van der Waals surface area contributed by atoms with Gasteiger partial charge >= 0.3 is 0 Å². The van der Waals surface area contributed by atoms with Crippen LogP contribution in [0.2, 0.25) is 0 Å². The molecule has 0 saturated carbocycles. The Morgan fingerprint density at radius 3 is 0.567 bits per heavy atom. The Balaban J connectivity index is 0.983. The van der Waals surface area contributed by atoms with Crippen LogP contribution in [-0.2, 0) is 83.3 Å². The average Bonchev–Trinajstić information content (AvgIpc) is 3.28. The number of nitrogens with zero attached hydrogens (tertiary/aromatic N) is 4. The lowest BCUT2D eigenvalue weighted by molar-refractivity contribution is -0.0188. The molecule has 8 bridgehead atoms. The molecular formula is C44H60N4O12. The van der Waals surface area contributed by atoms with E-state index in [0.717, 1.165) is 45.6 Å². The van der Waals surface area contributed by atoms with Crippen molar-refractivity contribution >= 4 is 0 Å². The van der Waals surface area contributed by atoms with Gasteiger partial charge in [-0.3, -0.25) is 0 Å².